The van der Waals surface area contributed by atoms with Gasteiger partial charge in [0.15, 0.2) is 5.82 Å². The molecule has 2 aromatic rings. The van der Waals surface area contributed by atoms with E-state index in [4.69, 9.17) is 4.52 Å². The molecular formula is C21H25N3O4S. The Morgan fingerprint density at radius 2 is 1.66 bits per heavy atom. The Balaban J connectivity index is 1.29. The second-order valence-corrected chi connectivity index (χ2v) is 10.8. The quantitative estimate of drug-likeness (QED) is 0.770. The average Bonchev–Trinajstić information content (AvgIpc) is 3.05. The van der Waals surface area contributed by atoms with Crippen molar-refractivity contribution in [3.05, 3.63) is 36.1 Å². The van der Waals surface area contributed by atoms with Crippen molar-refractivity contribution in [1.29, 1.82) is 0 Å². The molecule has 6 rings (SSSR count). The molecule has 29 heavy (non-hydrogen) atoms. The summed E-state index contributed by atoms with van der Waals surface area (Å²) < 4.78 is 32.3. The number of rotatable bonds is 5. The molecule has 2 N–H and O–H groups in total. The van der Waals surface area contributed by atoms with Crippen LogP contribution < -0.4 is 10.0 Å². The summed E-state index contributed by atoms with van der Waals surface area (Å²) in [4.78, 5) is 13.2. The number of nitrogens with zero attached hydrogens (tertiary/aromatic N) is 1. The third kappa shape index (κ3) is 3.43. The second-order valence-electron chi connectivity index (χ2n) is 9.10. The number of hydrogen-bond donors (Lipinski definition) is 2. The average molecular weight is 416 g/mol. The van der Waals surface area contributed by atoms with E-state index in [9.17, 15) is 13.2 Å². The number of hydrogen-bond acceptors (Lipinski definition) is 5. The molecule has 4 aliphatic carbocycles. The van der Waals surface area contributed by atoms with Crippen LogP contribution >= 0.6 is 0 Å². The molecule has 0 unspecified atom stereocenters. The minimum atomic E-state index is -3.77. The molecule has 0 aliphatic heterocycles. The van der Waals surface area contributed by atoms with Crippen LogP contribution in [0.5, 0.6) is 0 Å². The first-order chi connectivity index (χ1) is 13.8. The van der Waals surface area contributed by atoms with Gasteiger partial charge in [-0.25, -0.2) is 8.42 Å². The Hall–Kier alpha value is -2.35. The van der Waals surface area contributed by atoms with Gasteiger partial charge in [-0.3, -0.25) is 9.52 Å². The summed E-state index contributed by atoms with van der Waals surface area (Å²) in [5.41, 5.74) is 0.397. The van der Waals surface area contributed by atoms with Gasteiger partial charge < -0.3 is 9.84 Å². The highest BCUT2D eigenvalue weighted by molar-refractivity contribution is 7.92. The van der Waals surface area contributed by atoms with E-state index in [-0.39, 0.29) is 22.0 Å². The number of carbonyl (C=O) groups excluding carboxylic acids is 1. The normalized spacial score (nSPS) is 30.3. The van der Waals surface area contributed by atoms with Crippen LogP contribution in [0.1, 0.15) is 44.3 Å². The first-order valence-electron chi connectivity index (χ1n) is 10.2. The van der Waals surface area contributed by atoms with E-state index in [0.29, 0.717) is 29.2 Å². The lowest BCUT2D eigenvalue weighted by atomic mass is 9.49. The van der Waals surface area contributed by atoms with Crippen LogP contribution in [0.3, 0.4) is 0 Å². The van der Waals surface area contributed by atoms with Gasteiger partial charge in [-0.15, -0.1) is 0 Å². The van der Waals surface area contributed by atoms with E-state index in [1.165, 1.54) is 37.5 Å². The fourth-order valence-electron chi connectivity index (χ4n) is 5.98. The zero-order valence-electron chi connectivity index (χ0n) is 16.3. The van der Waals surface area contributed by atoms with Gasteiger partial charge >= 0.3 is 0 Å². The summed E-state index contributed by atoms with van der Waals surface area (Å²) in [6, 6.07) is 7.77. The Morgan fingerprint density at radius 1 is 1.07 bits per heavy atom. The molecule has 4 bridgehead atoms. The summed E-state index contributed by atoms with van der Waals surface area (Å²) in [7, 11) is -3.77. The zero-order valence-corrected chi connectivity index (χ0v) is 17.2. The highest BCUT2D eigenvalue weighted by atomic mass is 32.2. The highest BCUT2D eigenvalue weighted by Gasteiger charge is 2.54. The first-order valence-corrected chi connectivity index (χ1v) is 11.7. The topological polar surface area (TPSA) is 101 Å². The predicted molar refractivity (Wildman–Crippen MR) is 108 cm³/mol. The van der Waals surface area contributed by atoms with Crippen LogP contribution in [0.15, 0.2) is 39.8 Å². The SMILES string of the molecule is Cc1cc(NS(=O)(=O)c2ccc(NC(=O)C34CC5CC(CC(C5)C3)C4)cc2)no1. The maximum absolute atomic E-state index is 13.1. The molecule has 1 heterocycles. The summed E-state index contributed by atoms with van der Waals surface area (Å²) >= 11 is 0. The lowest BCUT2D eigenvalue weighted by Gasteiger charge is -2.55. The largest absolute Gasteiger partial charge is 0.360 e. The number of benzene rings is 1. The smallest absolute Gasteiger partial charge is 0.263 e. The van der Waals surface area contributed by atoms with E-state index in [0.717, 1.165) is 19.3 Å². The fourth-order valence-corrected chi connectivity index (χ4v) is 6.96. The number of carbonyl (C=O) groups is 1. The van der Waals surface area contributed by atoms with Crippen LogP contribution in [0, 0.1) is 30.1 Å². The minimum Gasteiger partial charge on any atom is -0.360 e. The van der Waals surface area contributed by atoms with Crippen LogP contribution in [-0.4, -0.2) is 19.5 Å². The molecule has 0 atom stereocenters. The molecular weight excluding hydrogens is 390 g/mol. The van der Waals surface area contributed by atoms with Crippen LogP contribution in [0.2, 0.25) is 0 Å². The van der Waals surface area contributed by atoms with Gasteiger partial charge in [0.1, 0.15) is 5.76 Å². The van der Waals surface area contributed by atoms with Gasteiger partial charge in [0, 0.05) is 11.8 Å². The van der Waals surface area contributed by atoms with Crippen LogP contribution in [0.25, 0.3) is 0 Å². The van der Waals surface area contributed by atoms with E-state index < -0.39 is 10.0 Å². The first kappa shape index (κ1) is 18.7. The molecule has 4 saturated carbocycles. The molecule has 4 fully saturated rings. The van der Waals surface area contributed by atoms with E-state index in [1.54, 1.807) is 19.1 Å². The van der Waals surface area contributed by atoms with Crippen LogP contribution in [0.4, 0.5) is 11.5 Å². The van der Waals surface area contributed by atoms with Gasteiger partial charge in [0.05, 0.1) is 10.3 Å². The summed E-state index contributed by atoms with van der Waals surface area (Å²) in [6.45, 7) is 1.69. The third-order valence-corrected chi connectivity index (χ3v) is 8.18. The summed E-state index contributed by atoms with van der Waals surface area (Å²) in [5.74, 6) is 2.86. The Labute approximate surface area is 170 Å². The molecule has 1 amide bonds. The second kappa shape index (κ2) is 6.58. The Bertz CT molecular complexity index is 1010. The predicted octanol–water partition coefficient (Wildman–Crippen LogP) is 3.94. The number of aryl methyl sites for hydroxylation is 1. The molecule has 7 nitrogen and oxygen atoms in total. The van der Waals surface area contributed by atoms with E-state index in [1.807, 2.05) is 0 Å². The molecule has 154 valence electrons. The van der Waals surface area contributed by atoms with Gasteiger partial charge in [-0.05, 0) is 87.5 Å². The third-order valence-electron chi connectivity index (χ3n) is 6.81. The van der Waals surface area contributed by atoms with Gasteiger partial charge in [-0.2, -0.15) is 0 Å². The van der Waals surface area contributed by atoms with Gasteiger partial charge in [0.25, 0.3) is 10.0 Å². The monoisotopic (exact) mass is 415 g/mol. The van der Waals surface area contributed by atoms with Crippen molar-refractivity contribution in [3.63, 3.8) is 0 Å². The summed E-state index contributed by atoms with van der Waals surface area (Å²) in [5, 5.41) is 6.70. The maximum Gasteiger partial charge on any atom is 0.263 e. The molecule has 0 spiro atoms. The Morgan fingerprint density at radius 3 is 2.17 bits per heavy atom. The standard InChI is InChI=1S/C21H25N3O4S/c1-13-6-19(23-28-13)24-29(26,27)18-4-2-17(3-5-18)22-20(25)21-10-14-7-15(11-21)9-16(8-14)12-21/h2-6,14-16H,7-12H2,1H3,(H,22,25)(H,23,24). The Kier molecular flexibility index (Phi) is 4.24. The molecule has 0 saturated heterocycles. The van der Waals surface area contributed by atoms with Gasteiger partial charge in [-0.1, -0.05) is 5.16 Å². The van der Waals surface area contributed by atoms with Crippen molar-refractivity contribution >= 4 is 27.4 Å². The lowest BCUT2D eigenvalue weighted by molar-refractivity contribution is -0.140. The number of nitrogens with one attached hydrogen (secondary N) is 2. The zero-order chi connectivity index (χ0) is 20.2. The number of amides is 1. The summed E-state index contributed by atoms with van der Waals surface area (Å²) in [6.07, 6.45) is 6.86. The number of anilines is 2. The van der Waals surface area contributed by atoms with Crippen molar-refractivity contribution in [2.75, 3.05) is 10.0 Å². The molecule has 1 aromatic carbocycles. The maximum atomic E-state index is 13.1. The van der Waals surface area contributed by atoms with Crippen molar-refractivity contribution in [1.82, 2.24) is 5.16 Å². The lowest BCUT2D eigenvalue weighted by Crippen LogP contribution is -2.51. The van der Waals surface area contributed by atoms with E-state index >= 15 is 0 Å². The number of sulfonamides is 1. The molecule has 1 aromatic heterocycles. The molecule has 4 aliphatic rings. The fraction of sp³-hybridized carbons (Fsp3) is 0.524. The molecule has 0 radical (unpaired) electrons. The van der Waals surface area contributed by atoms with Crippen molar-refractivity contribution in [2.24, 2.45) is 23.2 Å². The highest BCUT2D eigenvalue weighted by Crippen LogP contribution is 2.60. The van der Waals surface area contributed by atoms with Crippen LogP contribution in [-0.2, 0) is 14.8 Å². The molecule has 8 heteroatoms. The number of aromatic nitrogens is 1. The van der Waals surface area contributed by atoms with E-state index in [2.05, 4.69) is 15.2 Å². The van der Waals surface area contributed by atoms with Crippen molar-refractivity contribution in [3.8, 4) is 0 Å². The van der Waals surface area contributed by atoms with Crippen molar-refractivity contribution in [2.45, 2.75) is 50.3 Å². The minimum absolute atomic E-state index is 0.100. The van der Waals surface area contributed by atoms with Crippen molar-refractivity contribution < 1.29 is 17.7 Å². The van der Waals surface area contributed by atoms with Gasteiger partial charge in [0.2, 0.25) is 5.91 Å².